The molecule has 1 aromatic carbocycles. The Morgan fingerprint density at radius 1 is 1.04 bits per heavy atom. The number of rotatable bonds is 9. The molecule has 1 heterocycles. The SMILES string of the molecule is CCCCCc1ccc(N(C)c2nc(OCCC)ncc2C(F)(F)F)cc1. The summed E-state index contributed by atoms with van der Waals surface area (Å²) in [5.41, 5.74) is 0.909. The Balaban J connectivity index is 2.28. The second kappa shape index (κ2) is 9.58. The van der Waals surface area contributed by atoms with Crippen molar-refractivity contribution in [1.82, 2.24) is 9.97 Å². The summed E-state index contributed by atoms with van der Waals surface area (Å²) < 4.78 is 45.5. The highest BCUT2D eigenvalue weighted by atomic mass is 19.4. The van der Waals surface area contributed by atoms with Gasteiger partial charge in [0, 0.05) is 18.9 Å². The molecule has 1 aromatic heterocycles. The van der Waals surface area contributed by atoms with E-state index in [2.05, 4.69) is 16.9 Å². The number of ether oxygens (including phenoxy) is 1. The third-order valence-corrected chi connectivity index (χ3v) is 4.20. The van der Waals surface area contributed by atoms with Crippen molar-refractivity contribution in [2.45, 2.75) is 52.1 Å². The molecule has 0 fully saturated rings. The second-order valence-electron chi connectivity index (χ2n) is 6.42. The van der Waals surface area contributed by atoms with Crippen molar-refractivity contribution in [2.24, 2.45) is 0 Å². The molecule has 0 atom stereocenters. The molecule has 0 saturated heterocycles. The standard InChI is InChI=1S/C20H26F3N3O/c1-4-6-7-8-15-9-11-16(12-10-15)26(3)18-17(20(21,22)23)14-24-19(25-18)27-13-5-2/h9-12,14H,4-8,13H2,1-3H3. The van der Waals surface area contributed by atoms with E-state index in [9.17, 15) is 13.2 Å². The first-order chi connectivity index (χ1) is 12.9. The second-order valence-corrected chi connectivity index (χ2v) is 6.42. The van der Waals surface area contributed by atoms with Crippen molar-refractivity contribution in [3.05, 3.63) is 41.6 Å². The summed E-state index contributed by atoms with van der Waals surface area (Å²) in [6.45, 7) is 4.40. The van der Waals surface area contributed by atoms with E-state index in [1.165, 1.54) is 10.5 Å². The van der Waals surface area contributed by atoms with Gasteiger partial charge < -0.3 is 9.64 Å². The number of nitrogens with zero attached hydrogens (tertiary/aromatic N) is 3. The van der Waals surface area contributed by atoms with E-state index in [0.29, 0.717) is 12.3 Å². The van der Waals surface area contributed by atoms with Gasteiger partial charge in [-0.05, 0) is 37.0 Å². The number of hydrogen-bond acceptors (Lipinski definition) is 4. The lowest BCUT2D eigenvalue weighted by atomic mass is 10.1. The molecule has 4 nitrogen and oxygen atoms in total. The maximum Gasteiger partial charge on any atom is 0.421 e. The topological polar surface area (TPSA) is 38.2 Å². The van der Waals surface area contributed by atoms with Gasteiger partial charge in [0.05, 0.1) is 6.61 Å². The van der Waals surface area contributed by atoms with Gasteiger partial charge in [0.15, 0.2) is 5.82 Å². The smallest absolute Gasteiger partial charge is 0.421 e. The van der Waals surface area contributed by atoms with Crippen molar-refractivity contribution in [1.29, 1.82) is 0 Å². The van der Waals surface area contributed by atoms with Crippen molar-refractivity contribution < 1.29 is 17.9 Å². The zero-order valence-electron chi connectivity index (χ0n) is 16.0. The quantitative estimate of drug-likeness (QED) is 0.516. The number of alkyl halides is 3. The fourth-order valence-corrected chi connectivity index (χ4v) is 2.66. The van der Waals surface area contributed by atoms with Gasteiger partial charge in [0.2, 0.25) is 0 Å². The summed E-state index contributed by atoms with van der Waals surface area (Å²) in [4.78, 5) is 9.12. The van der Waals surface area contributed by atoms with Crippen LogP contribution in [0.25, 0.3) is 0 Å². The molecule has 0 saturated carbocycles. The van der Waals surface area contributed by atoms with E-state index < -0.39 is 11.7 Å². The lowest BCUT2D eigenvalue weighted by Crippen LogP contribution is -2.19. The Morgan fingerprint density at radius 3 is 2.33 bits per heavy atom. The molecular formula is C20H26F3N3O. The molecule has 0 bridgehead atoms. The highest BCUT2D eigenvalue weighted by Gasteiger charge is 2.36. The van der Waals surface area contributed by atoms with Crippen LogP contribution in [0.3, 0.4) is 0 Å². The summed E-state index contributed by atoms with van der Waals surface area (Å²) in [5, 5.41) is 0. The van der Waals surface area contributed by atoms with Crippen LogP contribution in [0.1, 0.15) is 50.7 Å². The minimum absolute atomic E-state index is 0.0529. The fourth-order valence-electron chi connectivity index (χ4n) is 2.66. The van der Waals surface area contributed by atoms with Gasteiger partial charge in [-0.1, -0.05) is 38.8 Å². The number of benzene rings is 1. The molecule has 7 heteroatoms. The van der Waals surface area contributed by atoms with Gasteiger partial charge in [-0.15, -0.1) is 0 Å². The zero-order chi connectivity index (χ0) is 19.9. The maximum atomic E-state index is 13.4. The van der Waals surface area contributed by atoms with Crippen LogP contribution in [0.15, 0.2) is 30.5 Å². The molecule has 0 spiro atoms. The lowest BCUT2D eigenvalue weighted by molar-refractivity contribution is -0.137. The molecular weight excluding hydrogens is 355 g/mol. The number of halogens is 3. The van der Waals surface area contributed by atoms with Crippen molar-refractivity contribution >= 4 is 11.5 Å². The van der Waals surface area contributed by atoms with E-state index >= 15 is 0 Å². The third kappa shape index (κ3) is 5.84. The number of hydrogen-bond donors (Lipinski definition) is 0. The Kier molecular flexibility index (Phi) is 7.45. The lowest BCUT2D eigenvalue weighted by Gasteiger charge is -2.22. The van der Waals surface area contributed by atoms with Crippen molar-refractivity contribution in [2.75, 3.05) is 18.6 Å². The Morgan fingerprint density at radius 2 is 1.74 bits per heavy atom. The van der Waals surface area contributed by atoms with E-state index in [1.807, 2.05) is 31.2 Å². The van der Waals surface area contributed by atoms with Crippen LogP contribution in [0.2, 0.25) is 0 Å². The van der Waals surface area contributed by atoms with Gasteiger partial charge in [-0.25, -0.2) is 4.98 Å². The summed E-state index contributed by atoms with van der Waals surface area (Å²) in [6.07, 6.45) is 1.34. The number of anilines is 2. The monoisotopic (exact) mass is 381 g/mol. The van der Waals surface area contributed by atoms with E-state index in [4.69, 9.17) is 4.74 Å². The average molecular weight is 381 g/mol. The minimum atomic E-state index is -4.55. The van der Waals surface area contributed by atoms with E-state index in [1.54, 1.807) is 7.05 Å². The number of aromatic nitrogens is 2. The number of unbranched alkanes of at least 4 members (excludes halogenated alkanes) is 2. The predicted octanol–water partition coefficient (Wildman–Crippen LogP) is 5.78. The molecule has 0 aliphatic rings. The van der Waals surface area contributed by atoms with Gasteiger partial charge in [-0.3, -0.25) is 0 Å². The molecule has 27 heavy (non-hydrogen) atoms. The molecule has 148 valence electrons. The van der Waals surface area contributed by atoms with Crippen LogP contribution >= 0.6 is 0 Å². The molecule has 2 aromatic rings. The molecule has 0 N–H and O–H groups in total. The first kappa shape index (κ1) is 21.0. The molecule has 0 amide bonds. The number of aryl methyl sites for hydroxylation is 1. The first-order valence-corrected chi connectivity index (χ1v) is 9.26. The minimum Gasteiger partial charge on any atom is -0.463 e. The van der Waals surface area contributed by atoms with Crippen LogP contribution in [0.4, 0.5) is 24.7 Å². The molecule has 0 aliphatic carbocycles. The van der Waals surface area contributed by atoms with Crippen LogP contribution in [0, 0.1) is 0 Å². The Hall–Kier alpha value is -2.31. The van der Waals surface area contributed by atoms with Gasteiger partial charge in [0.1, 0.15) is 5.56 Å². The van der Waals surface area contributed by atoms with Crippen LogP contribution in [0.5, 0.6) is 6.01 Å². The van der Waals surface area contributed by atoms with Crippen LogP contribution in [-0.4, -0.2) is 23.6 Å². The van der Waals surface area contributed by atoms with Gasteiger partial charge >= 0.3 is 12.2 Å². The summed E-state index contributed by atoms with van der Waals surface area (Å²) in [6, 6.07) is 7.48. The van der Waals surface area contributed by atoms with E-state index in [0.717, 1.165) is 38.3 Å². The summed E-state index contributed by atoms with van der Waals surface area (Å²) in [5.74, 6) is -0.220. The Bertz CT molecular complexity index is 717. The largest absolute Gasteiger partial charge is 0.463 e. The first-order valence-electron chi connectivity index (χ1n) is 9.26. The summed E-state index contributed by atoms with van der Waals surface area (Å²) in [7, 11) is 1.56. The van der Waals surface area contributed by atoms with Gasteiger partial charge in [-0.2, -0.15) is 18.2 Å². The molecule has 2 rings (SSSR count). The highest BCUT2D eigenvalue weighted by molar-refractivity contribution is 5.63. The molecule has 0 unspecified atom stereocenters. The maximum absolute atomic E-state index is 13.4. The highest BCUT2D eigenvalue weighted by Crippen LogP contribution is 2.37. The Labute approximate surface area is 158 Å². The normalized spacial score (nSPS) is 11.5. The summed E-state index contributed by atoms with van der Waals surface area (Å²) >= 11 is 0. The van der Waals surface area contributed by atoms with Crippen molar-refractivity contribution in [3.8, 4) is 6.01 Å². The van der Waals surface area contributed by atoms with Crippen LogP contribution < -0.4 is 9.64 Å². The third-order valence-electron chi connectivity index (χ3n) is 4.20. The van der Waals surface area contributed by atoms with E-state index in [-0.39, 0.29) is 11.8 Å². The average Bonchev–Trinajstić information content (AvgIpc) is 2.65. The molecule has 0 aliphatic heterocycles. The molecule has 0 radical (unpaired) electrons. The van der Waals surface area contributed by atoms with Gasteiger partial charge in [0.25, 0.3) is 0 Å². The fraction of sp³-hybridized carbons (Fsp3) is 0.500. The van der Waals surface area contributed by atoms with Crippen LogP contribution in [-0.2, 0) is 12.6 Å². The van der Waals surface area contributed by atoms with Crippen molar-refractivity contribution in [3.63, 3.8) is 0 Å². The predicted molar refractivity (Wildman–Crippen MR) is 101 cm³/mol. The zero-order valence-corrected chi connectivity index (χ0v) is 16.0.